The molecule has 0 aliphatic carbocycles. The number of ether oxygens (including phenoxy) is 3. The lowest BCUT2D eigenvalue weighted by molar-refractivity contribution is -0.0809. The van der Waals surface area contributed by atoms with Crippen LogP contribution in [0.25, 0.3) is 0 Å². The molecule has 0 spiro atoms. The summed E-state index contributed by atoms with van der Waals surface area (Å²) in [5.74, 6) is 1.90. The van der Waals surface area contributed by atoms with Gasteiger partial charge in [0, 0.05) is 5.56 Å². The summed E-state index contributed by atoms with van der Waals surface area (Å²) in [6.45, 7) is 10.2. The highest BCUT2D eigenvalue weighted by Gasteiger charge is 2.47. The normalized spacial score (nSPS) is 25.6. The zero-order valence-corrected chi connectivity index (χ0v) is 13.0. The van der Waals surface area contributed by atoms with Crippen molar-refractivity contribution in [1.29, 1.82) is 0 Å². The van der Waals surface area contributed by atoms with Crippen LogP contribution in [-0.2, 0) is 0 Å². The zero-order valence-electron chi connectivity index (χ0n) is 13.0. The Hall–Kier alpha value is -1.46. The van der Waals surface area contributed by atoms with Crippen molar-refractivity contribution in [2.75, 3.05) is 19.9 Å². The van der Waals surface area contributed by atoms with Gasteiger partial charge in [0.15, 0.2) is 11.5 Å². The van der Waals surface area contributed by atoms with Gasteiger partial charge in [0.05, 0.1) is 6.04 Å². The van der Waals surface area contributed by atoms with Crippen molar-refractivity contribution in [2.45, 2.75) is 45.4 Å². The molecule has 0 radical (unpaired) electrons. The Bertz CT molecular complexity index is 539. The topological polar surface area (TPSA) is 51.2 Å². The number of aliphatic hydroxyl groups excluding tert-OH is 1. The van der Waals surface area contributed by atoms with Gasteiger partial charge in [-0.15, -0.1) is 0 Å². The second-order valence-electron chi connectivity index (χ2n) is 6.03. The molecule has 21 heavy (non-hydrogen) atoms. The molecule has 1 N–H and O–H groups in total. The summed E-state index contributed by atoms with van der Waals surface area (Å²) in [6, 6.07) is 3.62. The van der Waals surface area contributed by atoms with E-state index in [9.17, 15) is 5.11 Å². The lowest BCUT2D eigenvalue weighted by atomic mass is 9.84. The predicted octanol–water partition coefficient (Wildman–Crippen LogP) is 2.33. The fourth-order valence-corrected chi connectivity index (χ4v) is 3.43. The van der Waals surface area contributed by atoms with Gasteiger partial charge in [0.25, 0.3) is 0 Å². The number of nitrogens with zero attached hydrogens (tertiary/aromatic N) is 1. The van der Waals surface area contributed by atoms with Crippen LogP contribution in [0.4, 0.5) is 0 Å². The van der Waals surface area contributed by atoms with Crippen LogP contribution in [0.15, 0.2) is 12.1 Å². The highest BCUT2D eigenvalue weighted by atomic mass is 16.7. The standard InChI is InChI=1S/C16H23NO4/c1-5-17(6-2)15-12(18)10-7-8-11-14(20-9-19-11)13(10)21-16(15,3)4/h7-8,12,15,18H,5-6,9H2,1-4H3. The summed E-state index contributed by atoms with van der Waals surface area (Å²) in [5, 5.41) is 10.9. The second-order valence-corrected chi connectivity index (χ2v) is 6.03. The molecule has 2 aliphatic heterocycles. The molecule has 0 fully saturated rings. The highest BCUT2D eigenvalue weighted by molar-refractivity contribution is 5.59. The first-order chi connectivity index (χ1) is 9.99. The average Bonchev–Trinajstić information content (AvgIpc) is 2.91. The van der Waals surface area contributed by atoms with E-state index >= 15 is 0 Å². The van der Waals surface area contributed by atoms with Gasteiger partial charge in [-0.1, -0.05) is 13.8 Å². The van der Waals surface area contributed by atoms with Crippen LogP contribution in [-0.4, -0.2) is 41.5 Å². The van der Waals surface area contributed by atoms with Gasteiger partial charge in [-0.25, -0.2) is 0 Å². The highest BCUT2D eigenvalue weighted by Crippen LogP contribution is 2.51. The molecule has 2 unspecified atom stereocenters. The zero-order chi connectivity index (χ0) is 15.2. The summed E-state index contributed by atoms with van der Waals surface area (Å²) in [7, 11) is 0. The van der Waals surface area contributed by atoms with Crippen LogP contribution in [0.2, 0.25) is 0 Å². The van der Waals surface area contributed by atoms with Crippen LogP contribution >= 0.6 is 0 Å². The number of hydrogen-bond donors (Lipinski definition) is 1. The first kappa shape index (κ1) is 14.5. The van der Waals surface area contributed by atoms with E-state index in [1.807, 2.05) is 26.0 Å². The lowest BCUT2D eigenvalue weighted by Gasteiger charge is -2.47. The van der Waals surface area contributed by atoms with Crippen LogP contribution in [0.3, 0.4) is 0 Å². The molecule has 116 valence electrons. The van der Waals surface area contributed by atoms with Gasteiger partial charge in [0.2, 0.25) is 12.5 Å². The van der Waals surface area contributed by atoms with Crippen molar-refractivity contribution < 1.29 is 19.3 Å². The monoisotopic (exact) mass is 293 g/mol. The van der Waals surface area contributed by atoms with Crippen LogP contribution < -0.4 is 14.2 Å². The third-order valence-electron chi connectivity index (χ3n) is 4.43. The molecule has 5 heteroatoms. The Morgan fingerprint density at radius 1 is 1.19 bits per heavy atom. The number of benzene rings is 1. The number of likely N-dealkylation sites (N-methyl/N-ethyl adjacent to an activating group) is 1. The Morgan fingerprint density at radius 3 is 2.57 bits per heavy atom. The summed E-state index contributed by atoms with van der Waals surface area (Å²) in [4.78, 5) is 2.23. The Kier molecular flexibility index (Phi) is 3.50. The third kappa shape index (κ3) is 2.15. The van der Waals surface area contributed by atoms with E-state index in [1.54, 1.807) is 0 Å². The largest absolute Gasteiger partial charge is 0.482 e. The molecule has 0 aromatic heterocycles. The van der Waals surface area contributed by atoms with Crippen molar-refractivity contribution in [3.63, 3.8) is 0 Å². The van der Waals surface area contributed by atoms with Gasteiger partial charge >= 0.3 is 0 Å². The van der Waals surface area contributed by atoms with Crippen LogP contribution in [0, 0.1) is 0 Å². The Morgan fingerprint density at radius 2 is 1.90 bits per heavy atom. The molecule has 0 saturated carbocycles. The molecule has 2 atom stereocenters. The van der Waals surface area contributed by atoms with E-state index in [0.717, 1.165) is 18.7 Å². The quantitative estimate of drug-likeness (QED) is 0.927. The molecule has 1 aromatic rings. The molecule has 1 aromatic carbocycles. The van der Waals surface area contributed by atoms with E-state index in [4.69, 9.17) is 14.2 Å². The fourth-order valence-electron chi connectivity index (χ4n) is 3.43. The summed E-state index contributed by atoms with van der Waals surface area (Å²) < 4.78 is 17.1. The SMILES string of the molecule is CCN(CC)C1C(O)c2ccc3c(c2OC1(C)C)OCO3. The van der Waals surface area contributed by atoms with Crippen molar-refractivity contribution in [3.05, 3.63) is 17.7 Å². The summed E-state index contributed by atoms with van der Waals surface area (Å²) in [6.07, 6.45) is -0.613. The molecule has 0 saturated heterocycles. The van der Waals surface area contributed by atoms with Gasteiger partial charge in [-0.05, 0) is 39.1 Å². The van der Waals surface area contributed by atoms with Gasteiger partial charge in [-0.3, -0.25) is 4.90 Å². The number of fused-ring (bicyclic) bond motifs is 3. The molecule has 5 nitrogen and oxygen atoms in total. The van der Waals surface area contributed by atoms with E-state index in [2.05, 4.69) is 18.7 Å². The van der Waals surface area contributed by atoms with E-state index in [0.29, 0.717) is 17.2 Å². The lowest BCUT2D eigenvalue weighted by Crippen LogP contribution is -2.57. The summed E-state index contributed by atoms with van der Waals surface area (Å²) >= 11 is 0. The van der Waals surface area contributed by atoms with Crippen molar-refractivity contribution in [2.24, 2.45) is 0 Å². The number of rotatable bonds is 3. The molecule has 3 rings (SSSR count). The van der Waals surface area contributed by atoms with E-state index in [-0.39, 0.29) is 12.8 Å². The molecule has 0 amide bonds. The fraction of sp³-hybridized carbons (Fsp3) is 0.625. The van der Waals surface area contributed by atoms with E-state index in [1.165, 1.54) is 0 Å². The minimum Gasteiger partial charge on any atom is -0.482 e. The van der Waals surface area contributed by atoms with E-state index < -0.39 is 11.7 Å². The summed E-state index contributed by atoms with van der Waals surface area (Å²) in [5.41, 5.74) is 0.259. The van der Waals surface area contributed by atoms with Crippen LogP contribution in [0.1, 0.15) is 39.4 Å². The van der Waals surface area contributed by atoms with Crippen LogP contribution in [0.5, 0.6) is 17.2 Å². The minimum absolute atomic E-state index is 0.0969. The maximum Gasteiger partial charge on any atom is 0.231 e. The number of aliphatic hydroxyl groups is 1. The first-order valence-electron chi connectivity index (χ1n) is 7.53. The Labute approximate surface area is 125 Å². The second kappa shape index (κ2) is 5.07. The number of hydrogen-bond acceptors (Lipinski definition) is 5. The molecule has 2 heterocycles. The van der Waals surface area contributed by atoms with Gasteiger partial charge in [0.1, 0.15) is 11.7 Å². The molecular formula is C16H23NO4. The van der Waals surface area contributed by atoms with Crippen molar-refractivity contribution >= 4 is 0 Å². The minimum atomic E-state index is -0.613. The average molecular weight is 293 g/mol. The maximum atomic E-state index is 10.9. The van der Waals surface area contributed by atoms with Gasteiger partial charge < -0.3 is 19.3 Å². The first-order valence-corrected chi connectivity index (χ1v) is 7.53. The molecule has 0 bridgehead atoms. The van der Waals surface area contributed by atoms with Crippen molar-refractivity contribution in [1.82, 2.24) is 4.90 Å². The maximum absolute atomic E-state index is 10.9. The van der Waals surface area contributed by atoms with Crippen molar-refractivity contribution in [3.8, 4) is 17.2 Å². The smallest absolute Gasteiger partial charge is 0.231 e. The van der Waals surface area contributed by atoms with Gasteiger partial charge in [-0.2, -0.15) is 0 Å². The molecular weight excluding hydrogens is 270 g/mol. The third-order valence-corrected chi connectivity index (χ3v) is 4.43. The molecule has 2 aliphatic rings. The Balaban J connectivity index is 2.07. The predicted molar refractivity (Wildman–Crippen MR) is 78.9 cm³/mol.